The van der Waals surface area contributed by atoms with Crippen LogP contribution >= 0.6 is 11.6 Å². The summed E-state index contributed by atoms with van der Waals surface area (Å²) < 4.78 is 13.7. The first-order valence-corrected chi connectivity index (χ1v) is 6.40. The molecule has 1 atom stereocenters. The predicted octanol–water partition coefficient (Wildman–Crippen LogP) is 4.35. The van der Waals surface area contributed by atoms with Gasteiger partial charge >= 0.3 is 5.97 Å². The van der Waals surface area contributed by atoms with Gasteiger partial charge in [-0.3, -0.25) is 0 Å². The Hall–Kier alpha value is -2.07. The lowest BCUT2D eigenvalue weighted by atomic mass is 10.1. The summed E-state index contributed by atoms with van der Waals surface area (Å²) in [5.74, 6) is -1.41. The Bertz CT molecular complexity index is 646. The van der Waals surface area contributed by atoms with Gasteiger partial charge in [0.25, 0.3) is 0 Å². The molecule has 0 aliphatic rings. The molecule has 0 saturated heterocycles. The molecule has 20 heavy (non-hydrogen) atoms. The van der Waals surface area contributed by atoms with Gasteiger partial charge in [0.05, 0.1) is 17.3 Å². The zero-order chi connectivity index (χ0) is 14.7. The highest BCUT2D eigenvalue weighted by Crippen LogP contribution is 2.26. The molecule has 2 aromatic carbocycles. The topological polar surface area (TPSA) is 49.3 Å². The van der Waals surface area contributed by atoms with E-state index in [0.29, 0.717) is 16.3 Å². The van der Waals surface area contributed by atoms with Crippen molar-refractivity contribution in [1.82, 2.24) is 0 Å². The van der Waals surface area contributed by atoms with E-state index in [1.165, 1.54) is 24.3 Å². The van der Waals surface area contributed by atoms with Crippen LogP contribution in [0.1, 0.15) is 28.9 Å². The van der Waals surface area contributed by atoms with Gasteiger partial charge in [-0.2, -0.15) is 0 Å². The first-order chi connectivity index (χ1) is 9.49. The number of anilines is 1. The number of carbonyl (C=O) groups is 1. The van der Waals surface area contributed by atoms with Crippen molar-refractivity contribution >= 4 is 23.3 Å². The molecular formula is C15H13ClFNO2. The molecule has 0 radical (unpaired) electrons. The van der Waals surface area contributed by atoms with E-state index in [-0.39, 0.29) is 17.4 Å². The van der Waals surface area contributed by atoms with Gasteiger partial charge < -0.3 is 10.4 Å². The summed E-state index contributed by atoms with van der Waals surface area (Å²) in [6, 6.07) is 10.4. The molecule has 0 amide bonds. The van der Waals surface area contributed by atoms with Gasteiger partial charge in [-0.15, -0.1) is 0 Å². The van der Waals surface area contributed by atoms with E-state index < -0.39 is 5.97 Å². The minimum atomic E-state index is -1.06. The maximum absolute atomic E-state index is 13.7. The van der Waals surface area contributed by atoms with Crippen LogP contribution in [0.15, 0.2) is 42.5 Å². The van der Waals surface area contributed by atoms with Crippen LogP contribution < -0.4 is 5.32 Å². The molecule has 2 aromatic rings. The quantitative estimate of drug-likeness (QED) is 0.881. The highest BCUT2D eigenvalue weighted by molar-refractivity contribution is 6.31. The summed E-state index contributed by atoms with van der Waals surface area (Å²) in [6.45, 7) is 1.75. The molecule has 0 bridgehead atoms. The molecule has 1 unspecified atom stereocenters. The number of benzene rings is 2. The number of rotatable bonds is 4. The first kappa shape index (κ1) is 14.3. The average molecular weight is 294 g/mol. The van der Waals surface area contributed by atoms with Crippen molar-refractivity contribution < 1.29 is 14.3 Å². The van der Waals surface area contributed by atoms with Crippen molar-refractivity contribution in [3.8, 4) is 0 Å². The summed E-state index contributed by atoms with van der Waals surface area (Å²) in [5, 5.41) is 12.5. The molecule has 0 aliphatic heterocycles. The minimum absolute atomic E-state index is 0.0950. The SMILES string of the molecule is CC(Nc1cc(Cl)ccc1C(=O)O)c1ccccc1F. The van der Waals surface area contributed by atoms with Gasteiger partial charge in [0, 0.05) is 10.6 Å². The minimum Gasteiger partial charge on any atom is -0.478 e. The van der Waals surface area contributed by atoms with Crippen molar-refractivity contribution in [2.75, 3.05) is 5.32 Å². The lowest BCUT2D eigenvalue weighted by Gasteiger charge is -2.18. The smallest absolute Gasteiger partial charge is 0.337 e. The summed E-state index contributed by atoms with van der Waals surface area (Å²) in [7, 11) is 0. The first-order valence-electron chi connectivity index (χ1n) is 6.03. The zero-order valence-electron chi connectivity index (χ0n) is 10.7. The molecule has 5 heteroatoms. The van der Waals surface area contributed by atoms with E-state index >= 15 is 0 Å². The third kappa shape index (κ3) is 3.08. The van der Waals surface area contributed by atoms with Crippen molar-refractivity contribution in [3.05, 3.63) is 64.4 Å². The number of carboxylic acids is 1. The van der Waals surface area contributed by atoms with Crippen LogP contribution in [0.25, 0.3) is 0 Å². The largest absolute Gasteiger partial charge is 0.478 e. The average Bonchev–Trinajstić information content (AvgIpc) is 2.38. The molecule has 0 heterocycles. The van der Waals surface area contributed by atoms with Crippen LogP contribution in [0.4, 0.5) is 10.1 Å². The molecule has 104 valence electrons. The lowest BCUT2D eigenvalue weighted by molar-refractivity contribution is 0.0698. The maximum Gasteiger partial charge on any atom is 0.337 e. The fourth-order valence-corrected chi connectivity index (χ4v) is 2.13. The molecule has 2 rings (SSSR count). The number of hydrogen-bond donors (Lipinski definition) is 2. The van der Waals surface area contributed by atoms with Crippen molar-refractivity contribution in [1.29, 1.82) is 0 Å². The number of carboxylic acid groups (broad SMARTS) is 1. The van der Waals surface area contributed by atoms with Crippen LogP contribution in [0.5, 0.6) is 0 Å². The zero-order valence-corrected chi connectivity index (χ0v) is 11.5. The summed E-state index contributed by atoms with van der Waals surface area (Å²) in [6.07, 6.45) is 0. The van der Waals surface area contributed by atoms with Crippen LogP contribution in [0, 0.1) is 5.82 Å². The molecule has 0 aliphatic carbocycles. The van der Waals surface area contributed by atoms with Crippen molar-refractivity contribution in [2.45, 2.75) is 13.0 Å². The monoisotopic (exact) mass is 293 g/mol. The lowest BCUT2D eigenvalue weighted by Crippen LogP contribution is -2.12. The van der Waals surface area contributed by atoms with Crippen LogP contribution in [0.2, 0.25) is 5.02 Å². The van der Waals surface area contributed by atoms with E-state index in [4.69, 9.17) is 16.7 Å². The number of aromatic carboxylic acids is 1. The van der Waals surface area contributed by atoms with Crippen molar-refractivity contribution in [3.63, 3.8) is 0 Å². The van der Waals surface area contributed by atoms with Gasteiger partial charge in [0.2, 0.25) is 0 Å². The highest BCUT2D eigenvalue weighted by Gasteiger charge is 2.15. The van der Waals surface area contributed by atoms with E-state index in [2.05, 4.69) is 5.32 Å². The number of nitrogens with one attached hydrogen (secondary N) is 1. The maximum atomic E-state index is 13.7. The van der Waals surface area contributed by atoms with E-state index in [1.54, 1.807) is 25.1 Å². The molecule has 0 fully saturated rings. The Morgan fingerprint density at radius 3 is 2.65 bits per heavy atom. The fourth-order valence-electron chi connectivity index (χ4n) is 1.96. The second-order valence-corrected chi connectivity index (χ2v) is 4.82. The summed E-state index contributed by atoms with van der Waals surface area (Å²) in [5.41, 5.74) is 0.919. The Balaban J connectivity index is 2.32. The fraction of sp³-hybridized carbons (Fsp3) is 0.133. The normalized spacial score (nSPS) is 11.9. The second kappa shape index (κ2) is 5.92. The molecule has 0 saturated carbocycles. The van der Waals surface area contributed by atoms with E-state index in [9.17, 15) is 9.18 Å². The summed E-state index contributed by atoms with van der Waals surface area (Å²) >= 11 is 5.88. The molecule has 0 aromatic heterocycles. The van der Waals surface area contributed by atoms with E-state index in [1.807, 2.05) is 0 Å². The van der Waals surface area contributed by atoms with E-state index in [0.717, 1.165) is 0 Å². The molecular weight excluding hydrogens is 281 g/mol. The molecule has 3 nitrogen and oxygen atoms in total. The van der Waals surface area contributed by atoms with Gasteiger partial charge in [-0.1, -0.05) is 29.8 Å². The van der Waals surface area contributed by atoms with Gasteiger partial charge in [0.1, 0.15) is 5.82 Å². The van der Waals surface area contributed by atoms with Gasteiger partial charge in [-0.05, 0) is 31.2 Å². The number of halogens is 2. The van der Waals surface area contributed by atoms with Crippen molar-refractivity contribution in [2.24, 2.45) is 0 Å². The van der Waals surface area contributed by atoms with Crippen LogP contribution in [-0.2, 0) is 0 Å². The molecule has 2 N–H and O–H groups in total. The third-order valence-corrected chi connectivity index (χ3v) is 3.19. The Morgan fingerprint density at radius 2 is 2.00 bits per heavy atom. The Labute approximate surface area is 121 Å². The van der Waals surface area contributed by atoms with Crippen LogP contribution in [-0.4, -0.2) is 11.1 Å². The standard InChI is InChI=1S/C15H13ClFNO2/c1-9(11-4-2-3-5-13(11)17)18-14-8-10(16)6-7-12(14)15(19)20/h2-9,18H,1H3,(H,19,20). The Morgan fingerprint density at radius 1 is 1.30 bits per heavy atom. The third-order valence-electron chi connectivity index (χ3n) is 2.96. The highest BCUT2D eigenvalue weighted by atomic mass is 35.5. The molecule has 0 spiro atoms. The second-order valence-electron chi connectivity index (χ2n) is 4.38. The summed E-state index contributed by atoms with van der Waals surface area (Å²) in [4.78, 5) is 11.2. The number of hydrogen-bond acceptors (Lipinski definition) is 2. The predicted molar refractivity (Wildman–Crippen MR) is 76.8 cm³/mol. The Kier molecular flexibility index (Phi) is 4.25. The van der Waals surface area contributed by atoms with Gasteiger partial charge in [0.15, 0.2) is 0 Å². The van der Waals surface area contributed by atoms with Crippen LogP contribution in [0.3, 0.4) is 0 Å². The van der Waals surface area contributed by atoms with Gasteiger partial charge in [-0.25, -0.2) is 9.18 Å².